The molecule has 1 saturated heterocycles. The number of halogens is 5. The Morgan fingerprint density at radius 1 is 0.887 bits per heavy atom. The standard InChI is InChI=1S/C39H48F5NO6S2/c1-24-6-12-27(13-7-24)53(48,49)45-52(5)26-10-8-25(9-11-26)29-20-34(4)30(16-19-37(34,47)38(40,41)39(42,43)44)28-14-17-35(46)21-36(18-15-31(35)32(28)29)50-22-33(2,3)23-51-36/h6-13,28-30,46-47H,14-23H2,1-5H3/t28?,29-,30?,34+,35-,37+,52?/m1/s1. The van der Waals surface area contributed by atoms with Crippen LogP contribution in [0.2, 0.25) is 0 Å². The van der Waals surface area contributed by atoms with E-state index < -0.39 is 79.4 Å². The minimum Gasteiger partial charge on any atom is -0.385 e. The molecule has 0 bridgehead atoms. The molecular weight excluding hydrogens is 738 g/mol. The lowest BCUT2D eigenvalue weighted by Crippen LogP contribution is -2.65. The smallest absolute Gasteiger partial charge is 0.385 e. The fraction of sp³-hybridized carbons (Fsp3) is 0.641. The summed E-state index contributed by atoms with van der Waals surface area (Å²) in [6, 6.07) is 13.3. The van der Waals surface area contributed by atoms with Crippen molar-refractivity contribution in [3.05, 3.63) is 70.8 Å². The highest BCUT2D eigenvalue weighted by Gasteiger charge is 2.79. The summed E-state index contributed by atoms with van der Waals surface area (Å²) in [5, 5.41) is 24.1. The maximum absolute atomic E-state index is 15.5. The molecule has 2 aromatic carbocycles. The molecule has 7 rings (SSSR count). The number of aryl methyl sites for hydroxylation is 1. The topological polar surface area (TPSA) is 105 Å². The van der Waals surface area contributed by atoms with Gasteiger partial charge in [-0.25, -0.2) is 0 Å². The van der Waals surface area contributed by atoms with Crippen molar-refractivity contribution in [2.24, 2.45) is 26.4 Å². The summed E-state index contributed by atoms with van der Waals surface area (Å²) in [5.74, 6) is -8.14. The largest absolute Gasteiger partial charge is 0.456 e. The van der Waals surface area contributed by atoms with Crippen molar-refractivity contribution in [3.63, 3.8) is 0 Å². The number of hydrogen-bond donors (Lipinski definition) is 2. The Morgan fingerprint density at radius 3 is 2.11 bits per heavy atom. The highest BCUT2D eigenvalue weighted by molar-refractivity contribution is 7.99. The number of fused-ring (bicyclic) bond motifs is 4. The second-order valence-electron chi connectivity index (χ2n) is 17.1. The fourth-order valence-electron chi connectivity index (χ4n) is 10.1. The average Bonchev–Trinajstić information content (AvgIpc) is 3.36. The van der Waals surface area contributed by atoms with Gasteiger partial charge in [0.25, 0.3) is 10.0 Å². The number of sulfonamides is 1. The van der Waals surface area contributed by atoms with Crippen LogP contribution in [0.3, 0.4) is 0 Å². The molecule has 53 heavy (non-hydrogen) atoms. The minimum absolute atomic E-state index is 0.00889. The molecule has 3 saturated carbocycles. The number of benzene rings is 2. The Morgan fingerprint density at radius 2 is 1.51 bits per heavy atom. The molecular formula is C39H48F5NO6S2. The van der Waals surface area contributed by atoms with Crippen molar-refractivity contribution in [2.75, 3.05) is 19.5 Å². The first-order valence-electron chi connectivity index (χ1n) is 18.2. The summed E-state index contributed by atoms with van der Waals surface area (Å²) in [7, 11) is -5.08. The molecule has 7 atom stereocenters. The van der Waals surface area contributed by atoms with Gasteiger partial charge in [0.05, 0.1) is 23.7 Å². The first-order chi connectivity index (χ1) is 24.5. The molecule has 5 aliphatic rings. The molecule has 7 nitrogen and oxygen atoms in total. The molecule has 0 radical (unpaired) electrons. The minimum atomic E-state index is -5.95. The molecule has 4 fully saturated rings. The van der Waals surface area contributed by atoms with Gasteiger partial charge in [-0.2, -0.15) is 30.4 Å². The van der Waals surface area contributed by atoms with Crippen LogP contribution in [0.15, 0.2) is 73.2 Å². The van der Waals surface area contributed by atoms with Crippen LogP contribution in [0, 0.1) is 29.6 Å². The molecule has 292 valence electrons. The Labute approximate surface area is 310 Å². The van der Waals surface area contributed by atoms with Gasteiger partial charge in [-0.3, -0.25) is 0 Å². The second-order valence-corrected chi connectivity index (χ2v) is 20.5. The van der Waals surface area contributed by atoms with Gasteiger partial charge in [-0.05, 0) is 98.9 Å². The number of alkyl halides is 5. The van der Waals surface area contributed by atoms with Crippen LogP contribution in [0.25, 0.3) is 0 Å². The third-order valence-corrected chi connectivity index (χ3v) is 16.5. The molecule has 3 unspecified atom stereocenters. The van der Waals surface area contributed by atoms with E-state index in [-0.39, 0.29) is 36.0 Å². The highest BCUT2D eigenvalue weighted by atomic mass is 32.3. The number of ether oxygens (including phenoxy) is 2. The normalized spacial score (nSPS) is 34.8. The van der Waals surface area contributed by atoms with E-state index >= 15 is 8.78 Å². The number of hydrogen-bond acceptors (Lipinski definition) is 6. The van der Waals surface area contributed by atoms with E-state index in [1.54, 1.807) is 42.7 Å². The van der Waals surface area contributed by atoms with Crippen molar-refractivity contribution < 1.29 is 50.1 Å². The van der Waals surface area contributed by atoms with Gasteiger partial charge in [-0.1, -0.05) is 66.9 Å². The quantitative estimate of drug-likeness (QED) is 0.233. The van der Waals surface area contributed by atoms with Crippen molar-refractivity contribution >= 4 is 20.7 Å². The lowest BCUT2D eigenvalue weighted by Gasteiger charge is -2.59. The van der Waals surface area contributed by atoms with Gasteiger partial charge in [0.15, 0.2) is 5.79 Å². The Kier molecular flexibility index (Phi) is 9.31. The Hall–Kier alpha value is -2.23. The van der Waals surface area contributed by atoms with Gasteiger partial charge in [0, 0.05) is 34.5 Å². The molecule has 2 aromatic rings. The molecule has 1 heterocycles. The number of rotatable bonds is 5. The summed E-state index contributed by atoms with van der Waals surface area (Å²) in [4.78, 5) is 0.656. The molecule has 1 spiro atoms. The van der Waals surface area contributed by atoms with E-state index in [2.05, 4.69) is 3.77 Å². The predicted molar refractivity (Wildman–Crippen MR) is 190 cm³/mol. The highest BCUT2D eigenvalue weighted by Crippen LogP contribution is 2.71. The van der Waals surface area contributed by atoms with Crippen LogP contribution in [0.4, 0.5) is 22.0 Å². The first kappa shape index (κ1) is 39.0. The van der Waals surface area contributed by atoms with Crippen LogP contribution in [0.1, 0.15) is 89.2 Å². The van der Waals surface area contributed by atoms with Gasteiger partial charge >= 0.3 is 12.1 Å². The third kappa shape index (κ3) is 6.25. The van der Waals surface area contributed by atoms with E-state index in [0.29, 0.717) is 42.9 Å². The number of nitrogens with zero attached hydrogens (tertiary/aromatic N) is 1. The summed E-state index contributed by atoms with van der Waals surface area (Å²) < 4.78 is 116. The van der Waals surface area contributed by atoms with Crippen LogP contribution in [-0.2, 0) is 30.2 Å². The van der Waals surface area contributed by atoms with E-state index in [1.165, 1.54) is 19.1 Å². The van der Waals surface area contributed by atoms with Gasteiger partial charge in [0.1, 0.15) is 5.60 Å². The third-order valence-electron chi connectivity index (χ3n) is 13.0. The maximum atomic E-state index is 15.5. The Bertz CT molecular complexity index is 1940. The summed E-state index contributed by atoms with van der Waals surface area (Å²) in [5.41, 5.74) is -3.54. The SMILES string of the molecule is Cc1ccc(S(=O)(=O)N=S(C)c2ccc([C@H]3C[C@@]4(C)C(CC[C@@]4(O)C(F)(F)C(F)(F)F)C4CC[C@@]5(O)CC6(CCC5=C43)OCC(C)(C)CO6)cc2)cc1. The first-order valence-corrected chi connectivity index (χ1v) is 21.2. The monoisotopic (exact) mass is 785 g/mol. The zero-order chi connectivity index (χ0) is 38.6. The predicted octanol–water partition coefficient (Wildman–Crippen LogP) is 8.40. The Balaban J connectivity index is 1.30. The summed E-state index contributed by atoms with van der Waals surface area (Å²) >= 11 is 0. The average molecular weight is 786 g/mol. The fourth-order valence-corrected chi connectivity index (χ4v) is 13.0. The molecule has 2 N–H and O–H groups in total. The van der Waals surface area contributed by atoms with E-state index in [4.69, 9.17) is 9.47 Å². The zero-order valence-electron chi connectivity index (χ0n) is 30.6. The van der Waals surface area contributed by atoms with Crippen LogP contribution in [-0.4, -0.2) is 67.2 Å². The molecule has 14 heteroatoms. The zero-order valence-corrected chi connectivity index (χ0v) is 32.2. The van der Waals surface area contributed by atoms with Gasteiger partial charge in [0.2, 0.25) is 0 Å². The van der Waals surface area contributed by atoms with E-state index in [0.717, 1.165) is 16.7 Å². The van der Waals surface area contributed by atoms with Crippen molar-refractivity contribution in [1.82, 2.24) is 0 Å². The van der Waals surface area contributed by atoms with Gasteiger partial charge in [-0.15, -0.1) is 3.77 Å². The molecule has 4 aliphatic carbocycles. The van der Waals surface area contributed by atoms with Crippen LogP contribution >= 0.6 is 0 Å². The van der Waals surface area contributed by atoms with Crippen molar-refractivity contribution in [1.29, 1.82) is 0 Å². The molecule has 0 aromatic heterocycles. The summed E-state index contributed by atoms with van der Waals surface area (Å²) in [6.45, 7) is 8.21. The number of aliphatic hydroxyl groups is 2. The number of allylic oxidation sites excluding steroid dienone is 1. The summed E-state index contributed by atoms with van der Waals surface area (Å²) in [6.07, 6.45) is -3.55. The maximum Gasteiger partial charge on any atom is 0.456 e. The van der Waals surface area contributed by atoms with Crippen LogP contribution < -0.4 is 0 Å². The van der Waals surface area contributed by atoms with Gasteiger partial charge < -0.3 is 19.7 Å². The molecule has 0 amide bonds. The van der Waals surface area contributed by atoms with Crippen molar-refractivity contribution in [2.45, 2.75) is 124 Å². The second kappa shape index (κ2) is 12.6. The lowest BCUT2D eigenvalue weighted by atomic mass is 9.49. The van der Waals surface area contributed by atoms with E-state index in [1.807, 2.05) is 20.8 Å². The van der Waals surface area contributed by atoms with E-state index in [9.17, 15) is 31.8 Å². The van der Waals surface area contributed by atoms with Crippen LogP contribution in [0.5, 0.6) is 0 Å². The van der Waals surface area contributed by atoms with Crippen molar-refractivity contribution in [3.8, 4) is 0 Å². The molecule has 1 aliphatic heterocycles. The lowest BCUT2D eigenvalue weighted by molar-refractivity contribution is -0.362.